The number of hydrogen-bond donors (Lipinski definition) is 2. The van der Waals surface area contributed by atoms with Crippen molar-refractivity contribution in [2.24, 2.45) is 0 Å². The van der Waals surface area contributed by atoms with Gasteiger partial charge in [-0.15, -0.1) is 0 Å². The molecule has 1 heterocycles. The highest BCUT2D eigenvalue weighted by molar-refractivity contribution is 7.84. The Bertz CT molecular complexity index is 334. The molecule has 2 unspecified atom stereocenters. The van der Waals surface area contributed by atoms with Crippen LogP contribution < -0.4 is 5.32 Å². The van der Waals surface area contributed by atoms with Gasteiger partial charge in [-0.2, -0.15) is 0 Å². The third kappa shape index (κ3) is 3.99. The zero-order chi connectivity index (χ0) is 13.0. The van der Waals surface area contributed by atoms with Crippen LogP contribution in [-0.4, -0.2) is 56.9 Å². The average Bonchev–Trinajstić information content (AvgIpc) is 2.63. The van der Waals surface area contributed by atoms with Crippen LogP contribution in [0.4, 0.5) is 4.79 Å². The number of urea groups is 1. The van der Waals surface area contributed by atoms with E-state index < -0.39 is 22.8 Å². The summed E-state index contributed by atoms with van der Waals surface area (Å²) in [5, 5.41) is 11.6. The molecule has 98 valence electrons. The molecular formula is C10H18N2O4S. The van der Waals surface area contributed by atoms with Gasteiger partial charge in [0.25, 0.3) is 0 Å². The molecule has 17 heavy (non-hydrogen) atoms. The van der Waals surface area contributed by atoms with Gasteiger partial charge < -0.3 is 15.3 Å². The van der Waals surface area contributed by atoms with Crippen molar-refractivity contribution in [3.8, 4) is 0 Å². The molecule has 0 bridgehead atoms. The molecule has 1 aliphatic heterocycles. The Labute approximate surface area is 103 Å². The maximum absolute atomic E-state index is 11.8. The Balaban J connectivity index is 2.52. The molecule has 3 atom stereocenters. The first-order valence-corrected chi connectivity index (χ1v) is 7.24. The molecule has 1 fully saturated rings. The number of carboxylic acid groups (broad SMARTS) is 1. The van der Waals surface area contributed by atoms with Crippen molar-refractivity contribution in [1.29, 1.82) is 0 Å². The van der Waals surface area contributed by atoms with E-state index in [0.717, 1.165) is 0 Å². The first-order valence-electron chi connectivity index (χ1n) is 5.51. The molecule has 1 aliphatic rings. The molecule has 0 aromatic carbocycles. The Morgan fingerprint density at radius 1 is 1.59 bits per heavy atom. The lowest BCUT2D eigenvalue weighted by atomic mass is 10.2. The lowest BCUT2D eigenvalue weighted by molar-refractivity contribution is -0.141. The number of aliphatic carboxylic acids is 1. The van der Waals surface area contributed by atoms with Crippen molar-refractivity contribution in [1.82, 2.24) is 10.2 Å². The summed E-state index contributed by atoms with van der Waals surface area (Å²) in [4.78, 5) is 24.0. The number of nitrogens with zero attached hydrogens (tertiary/aromatic N) is 1. The summed E-state index contributed by atoms with van der Waals surface area (Å²) in [6, 6.07) is -1.33. The third-order valence-electron chi connectivity index (χ3n) is 2.65. The third-order valence-corrected chi connectivity index (χ3v) is 3.62. The molecular weight excluding hydrogens is 244 g/mol. The van der Waals surface area contributed by atoms with Gasteiger partial charge in [0.15, 0.2) is 0 Å². The highest BCUT2D eigenvalue weighted by Gasteiger charge is 2.34. The fraction of sp³-hybridized carbons (Fsp3) is 0.800. The number of nitrogens with one attached hydrogen (secondary N) is 1. The molecule has 0 spiro atoms. The van der Waals surface area contributed by atoms with E-state index >= 15 is 0 Å². The number of likely N-dealkylation sites (tertiary alicyclic amines) is 1. The van der Waals surface area contributed by atoms with Crippen LogP contribution in [0.2, 0.25) is 0 Å². The summed E-state index contributed by atoms with van der Waals surface area (Å²) >= 11 is 0. The van der Waals surface area contributed by atoms with Crippen LogP contribution in [0.5, 0.6) is 0 Å². The molecule has 1 rings (SSSR count). The zero-order valence-electron chi connectivity index (χ0n) is 10.0. The van der Waals surface area contributed by atoms with E-state index in [9.17, 15) is 13.8 Å². The molecule has 0 aromatic heterocycles. The number of amides is 2. The van der Waals surface area contributed by atoms with E-state index in [1.54, 1.807) is 13.2 Å². The van der Waals surface area contributed by atoms with Gasteiger partial charge in [-0.3, -0.25) is 4.21 Å². The van der Waals surface area contributed by atoms with Crippen LogP contribution in [-0.2, 0) is 15.6 Å². The van der Waals surface area contributed by atoms with E-state index in [4.69, 9.17) is 5.11 Å². The topological polar surface area (TPSA) is 86.7 Å². The predicted molar refractivity (Wildman–Crippen MR) is 64.3 cm³/mol. The number of carbonyl (C=O) groups is 2. The van der Waals surface area contributed by atoms with E-state index in [1.165, 1.54) is 4.90 Å². The lowest BCUT2D eigenvalue weighted by Crippen LogP contribution is -2.49. The number of carboxylic acids is 1. The van der Waals surface area contributed by atoms with Crippen LogP contribution in [0.3, 0.4) is 0 Å². The van der Waals surface area contributed by atoms with E-state index in [-0.39, 0.29) is 12.1 Å². The van der Waals surface area contributed by atoms with Gasteiger partial charge in [-0.05, 0) is 19.8 Å². The Morgan fingerprint density at radius 3 is 2.76 bits per heavy atom. The Hall–Kier alpha value is -1.11. The molecule has 2 N–H and O–H groups in total. The first-order chi connectivity index (χ1) is 7.91. The Kier molecular flexibility index (Phi) is 4.92. The van der Waals surface area contributed by atoms with Gasteiger partial charge in [0.1, 0.15) is 6.04 Å². The molecule has 0 saturated carbocycles. The van der Waals surface area contributed by atoms with Crippen LogP contribution in [0.25, 0.3) is 0 Å². The first kappa shape index (κ1) is 14.0. The molecule has 0 aromatic rings. The van der Waals surface area contributed by atoms with E-state index in [1.807, 2.05) is 0 Å². The van der Waals surface area contributed by atoms with Gasteiger partial charge in [0.05, 0.1) is 0 Å². The van der Waals surface area contributed by atoms with Crippen molar-refractivity contribution in [3.63, 3.8) is 0 Å². The second-order valence-electron chi connectivity index (χ2n) is 4.28. The van der Waals surface area contributed by atoms with Gasteiger partial charge in [0, 0.05) is 35.4 Å². The summed E-state index contributed by atoms with van der Waals surface area (Å²) in [5.74, 6) is -0.596. The monoisotopic (exact) mass is 262 g/mol. The summed E-state index contributed by atoms with van der Waals surface area (Å²) in [6.07, 6.45) is 2.77. The van der Waals surface area contributed by atoms with Crippen LogP contribution >= 0.6 is 0 Å². The molecule has 0 radical (unpaired) electrons. The fourth-order valence-corrected chi connectivity index (χ4v) is 2.74. The second kappa shape index (κ2) is 6.00. The van der Waals surface area contributed by atoms with Crippen LogP contribution in [0.15, 0.2) is 0 Å². The number of hydrogen-bond acceptors (Lipinski definition) is 3. The van der Waals surface area contributed by atoms with Gasteiger partial charge in [-0.1, -0.05) is 0 Å². The summed E-state index contributed by atoms with van der Waals surface area (Å²) in [7, 11) is -0.981. The lowest BCUT2D eigenvalue weighted by Gasteiger charge is -2.24. The minimum atomic E-state index is -0.981. The Morgan fingerprint density at radius 2 is 2.24 bits per heavy atom. The number of rotatable bonds is 4. The van der Waals surface area contributed by atoms with Gasteiger partial charge in [-0.25, -0.2) is 9.59 Å². The number of carbonyl (C=O) groups excluding carboxylic acids is 1. The van der Waals surface area contributed by atoms with Crippen molar-refractivity contribution in [3.05, 3.63) is 0 Å². The average molecular weight is 262 g/mol. The molecule has 2 amide bonds. The molecule has 7 heteroatoms. The van der Waals surface area contributed by atoms with Crippen molar-refractivity contribution < 1.29 is 18.9 Å². The molecule has 6 nitrogen and oxygen atoms in total. The van der Waals surface area contributed by atoms with Crippen molar-refractivity contribution in [2.75, 3.05) is 18.6 Å². The van der Waals surface area contributed by atoms with Crippen LogP contribution in [0, 0.1) is 0 Å². The zero-order valence-corrected chi connectivity index (χ0v) is 10.8. The minimum absolute atomic E-state index is 0.219. The van der Waals surface area contributed by atoms with Gasteiger partial charge in [0.2, 0.25) is 0 Å². The quantitative estimate of drug-likeness (QED) is 0.747. The second-order valence-corrected chi connectivity index (χ2v) is 5.76. The smallest absolute Gasteiger partial charge is 0.326 e. The summed E-state index contributed by atoms with van der Waals surface area (Å²) in [6.45, 7) is 2.22. The largest absolute Gasteiger partial charge is 0.480 e. The SMILES string of the molecule is CC(CS(C)=O)NC(=O)N1CCC[C@@H]1C(=O)O. The van der Waals surface area contributed by atoms with Crippen molar-refractivity contribution >= 4 is 22.8 Å². The van der Waals surface area contributed by atoms with E-state index in [2.05, 4.69) is 5.32 Å². The predicted octanol–water partition coefficient (Wildman–Crippen LogP) is 0.0120. The maximum Gasteiger partial charge on any atom is 0.326 e. The normalized spacial score (nSPS) is 23.2. The molecule has 0 aliphatic carbocycles. The van der Waals surface area contributed by atoms with Crippen LogP contribution in [0.1, 0.15) is 19.8 Å². The molecule has 1 saturated heterocycles. The van der Waals surface area contributed by atoms with Gasteiger partial charge >= 0.3 is 12.0 Å². The highest BCUT2D eigenvalue weighted by Crippen LogP contribution is 2.17. The van der Waals surface area contributed by atoms with E-state index in [0.29, 0.717) is 25.1 Å². The van der Waals surface area contributed by atoms with Crippen molar-refractivity contribution in [2.45, 2.75) is 31.8 Å². The maximum atomic E-state index is 11.8. The fourth-order valence-electron chi connectivity index (χ4n) is 1.95. The summed E-state index contributed by atoms with van der Waals surface area (Å²) in [5.41, 5.74) is 0. The standard InChI is InChI=1S/C10H18N2O4S/c1-7(6-17(2)16)11-10(15)12-5-3-4-8(12)9(13)14/h7-8H,3-6H2,1-2H3,(H,11,15)(H,13,14)/t7?,8-,17?/m1/s1. The minimum Gasteiger partial charge on any atom is -0.480 e. The highest BCUT2D eigenvalue weighted by atomic mass is 32.2. The summed E-state index contributed by atoms with van der Waals surface area (Å²) < 4.78 is 11.0.